The Hall–Kier alpha value is -0.830. The van der Waals surface area contributed by atoms with E-state index in [-0.39, 0.29) is 5.91 Å². The monoisotopic (exact) mass is 319 g/mol. The van der Waals surface area contributed by atoms with E-state index in [2.05, 4.69) is 21.2 Å². The molecule has 3 fully saturated rings. The molecule has 4 atom stereocenters. The number of anilines is 1. The van der Waals surface area contributed by atoms with Gasteiger partial charge in [-0.25, -0.2) is 0 Å². The minimum Gasteiger partial charge on any atom is -0.326 e. The second-order valence-corrected chi connectivity index (χ2v) is 7.32. The fraction of sp³-hybridized carbons (Fsp3) is 0.562. The van der Waals surface area contributed by atoms with Crippen molar-refractivity contribution in [3.8, 4) is 0 Å². The topological polar surface area (TPSA) is 29.1 Å². The zero-order chi connectivity index (χ0) is 13.1. The smallest absolute Gasteiger partial charge is 0.228 e. The first kappa shape index (κ1) is 12.0. The quantitative estimate of drug-likeness (QED) is 0.877. The van der Waals surface area contributed by atoms with Crippen LogP contribution in [0.5, 0.6) is 0 Å². The van der Waals surface area contributed by atoms with E-state index in [1.54, 1.807) is 0 Å². The van der Waals surface area contributed by atoms with Crippen LogP contribution in [0.3, 0.4) is 0 Å². The standard InChI is InChI=1S/C16H18BrNO/c1-8-6-11(4-5-12(8)17)18-16(19)15-13-9-2-3-10(7-9)14(13)15/h4-6,9-10,13-15H,2-3,7H2,1H3,(H,18,19). The molecule has 1 aromatic rings. The van der Waals surface area contributed by atoms with E-state index in [0.29, 0.717) is 5.92 Å². The average Bonchev–Trinajstić information content (AvgIpc) is 2.83. The van der Waals surface area contributed by atoms with Crippen molar-refractivity contribution in [2.45, 2.75) is 26.2 Å². The Balaban J connectivity index is 1.47. The third-order valence-corrected chi connectivity index (χ3v) is 6.35. The van der Waals surface area contributed by atoms with Crippen LogP contribution >= 0.6 is 15.9 Å². The molecular weight excluding hydrogens is 302 g/mol. The fourth-order valence-corrected chi connectivity index (χ4v) is 4.87. The highest BCUT2D eigenvalue weighted by molar-refractivity contribution is 9.10. The molecule has 3 aliphatic carbocycles. The molecule has 0 aliphatic heterocycles. The molecule has 3 heteroatoms. The molecule has 2 nitrogen and oxygen atoms in total. The Bertz CT molecular complexity index is 540. The summed E-state index contributed by atoms with van der Waals surface area (Å²) in [6, 6.07) is 6.01. The highest BCUT2D eigenvalue weighted by Gasteiger charge is 2.67. The van der Waals surface area contributed by atoms with Crippen LogP contribution in [0.25, 0.3) is 0 Å². The molecule has 0 spiro atoms. The molecule has 0 heterocycles. The Morgan fingerprint density at radius 2 is 1.95 bits per heavy atom. The molecule has 100 valence electrons. The van der Waals surface area contributed by atoms with Crippen molar-refractivity contribution in [1.29, 1.82) is 0 Å². The molecule has 2 bridgehead atoms. The van der Waals surface area contributed by atoms with Gasteiger partial charge in [-0.1, -0.05) is 15.9 Å². The van der Waals surface area contributed by atoms with Crippen molar-refractivity contribution in [2.24, 2.45) is 29.6 Å². The Kier molecular flexibility index (Phi) is 2.57. The van der Waals surface area contributed by atoms with Crippen molar-refractivity contribution < 1.29 is 4.79 Å². The van der Waals surface area contributed by atoms with Gasteiger partial charge in [0.25, 0.3) is 0 Å². The van der Waals surface area contributed by atoms with Crippen LogP contribution in [-0.2, 0) is 4.79 Å². The number of carbonyl (C=O) groups is 1. The van der Waals surface area contributed by atoms with Gasteiger partial charge in [-0.2, -0.15) is 0 Å². The number of carbonyl (C=O) groups excluding carboxylic acids is 1. The minimum atomic E-state index is 0.258. The van der Waals surface area contributed by atoms with Crippen LogP contribution in [0.4, 0.5) is 5.69 Å². The van der Waals surface area contributed by atoms with E-state index in [4.69, 9.17) is 0 Å². The maximum absolute atomic E-state index is 12.4. The SMILES string of the molecule is Cc1cc(NC(=O)C2C3C4CCC(C4)C23)ccc1Br. The lowest BCUT2D eigenvalue weighted by atomic mass is 10.0. The van der Waals surface area contributed by atoms with Crippen molar-refractivity contribution in [3.05, 3.63) is 28.2 Å². The second-order valence-electron chi connectivity index (χ2n) is 6.47. The molecule has 19 heavy (non-hydrogen) atoms. The van der Waals surface area contributed by atoms with Crippen LogP contribution in [0.2, 0.25) is 0 Å². The maximum atomic E-state index is 12.4. The fourth-order valence-electron chi connectivity index (χ4n) is 4.62. The Morgan fingerprint density at radius 1 is 1.26 bits per heavy atom. The van der Waals surface area contributed by atoms with Crippen LogP contribution in [0.15, 0.2) is 22.7 Å². The van der Waals surface area contributed by atoms with Crippen LogP contribution in [-0.4, -0.2) is 5.91 Å². The van der Waals surface area contributed by atoms with E-state index in [1.165, 1.54) is 19.3 Å². The van der Waals surface area contributed by atoms with Gasteiger partial charge < -0.3 is 5.32 Å². The summed E-state index contributed by atoms with van der Waals surface area (Å²) in [6.07, 6.45) is 4.14. The van der Waals surface area contributed by atoms with Gasteiger partial charge in [0.2, 0.25) is 5.91 Å². The number of hydrogen-bond donors (Lipinski definition) is 1. The van der Waals surface area contributed by atoms with Gasteiger partial charge >= 0.3 is 0 Å². The molecule has 0 radical (unpaired) electrons. The van der Waals surface area contributed by atoms with Crippen LogP contribution < -0.4 is 5.32 Å². The predicted octanol–water partition coefficient (Wildman–Crippen LogP) is 3.99. The molecule has 0 saturated heterocycles. The summed E-state index contributed by atoms with van der Waals surface area (Å²) < 4.78 is 1.09. The van der Waals surface area contributed by atoms with E-state index in [1.807, 2.05) is 25.1 Å². The van der Waals surface area contributed by atoms with Crippen molar-refractivity contribution in [3.63, 3.8) is 0 Å². The molecular formula is C16H18BrNO. The number of fused-ring (bicyclic) bond motifs is 5. The molecule has 1 amide bonds. The Labute approximate surface area is 122 Å². The second kappa shape index (κ2) is 4.08. The van der Waals surface area contributed by atoms with Gasteiger partial charge in [0.05, 0.1) is 0 Å². The third-order valence-electron chi connectivity index (χ3n) is 5.46. The van der Waals surface area contributed by atoms with Gasteiger partial charge in [-0.15, -0.1) is 0 Å². The van der Waals surface area contributed by atoms with Gasteiger partial charge in [-0.3, -0.25) is 4.79 Å². The maximum Gasteiger partial charge on any atom is 0.228 e. The van der Waals surface area contributed by atoms with Gasteiger partial charge in [0, 0.05) is 16.1 Å². The minimum absolute atomic E-state index is 0.258. The van der Waals surface area contributed by atoms with Gasteiger partial charge in [-0.05, 0) is 73.6 Å². The third kappa shape index (κ3) is 1.78. The predicted molar refractivity (Wildman–Crippen MR) is 78.8 cm³/mol. The molecule has 1 N–H and O–H groups in total. The molecule has 3 aliphatic rings. The first-order chi connectivity index (χ1) is 9.15. The number of rotatable bonds is 2. The summed E-state index contributed by atoms with van der Waals surface area (Å²) in [6.45, 7) is 2.05. The first-order valence-electron chi connectivity index (χ1n) is 7.22. The lowest BCUT2D eigenvalue weighted by Gasteiger charge is -2.10. The van der Waals surface area contributed by atoms with E-state index in [9.17, 15) is 4.79 Å². The van der Waals surface area contributed by atoms with Crippen LogP contribution in [0, 0.1) is 36.5 Å². The molecule has 0 aromatic heterocycles. The summed E-state index contributed by atoms with van der Waals surface area (Å²) in [5.74, 6) is 3.73. The van der Waals surface area contributed by atoms with Crippen molar-refractivity contribution in [1.82, 2.24) is 0 Å². The first-order valence-corrected chi connectivity index (χ1v) is 8.01. The van der Waals surface area contributed by atoms with Gasteiger partial charge in [0.1, 0.15) is 0 Å². The number of halogens is 1. The van der Waals surface area contributed by atoms with Crippen molar-refractivity contribution in [2.75, 3.05) is 5.32 Å². The number of nitrogens with one attached hydrogen (secondary N) is 1. The lowest BCUT2D eigenvalue weighted by Crippen LogP contribution is -2.18. The Morgan fingerprint density at radius 3 is 2.58 bits per heavy atom. The summed E-state index contributed by atoms with van der Waals surface area (Å²) in [5, 5.41) is 3.11. The highest BCUT2D eigenvalue weighted by Crippen LogP contribution is 2.69. The van der Waals surface area contributed by atoms with E-state index in [0.717, 1.165) is 39.4 Å². The molecule has 3 saturated carbocycles. The van der Waals surface area contributed by atoms with Crippen LogP contribution in [0.1, 0.15) is 24.8 Å². The summed E-state index contributed by atoms with van der Waals surface area (Å²) >= 11 is 3.49. The van der Waals surface area contributed by atoms with E-state index >= 15 is 0 Å². The number of amides is 1. The summed E-state index contributed by atoms with van der Waals surface area (Å²) in [5.41, 5.74) is 2.09. The molecule has 1 aromatic carbocycles. The summed E-state index contributed by atoms with van der Waals surface area (Å²) in [7, 11) is 0. The number of benzene rings is 1. The lowest BCUT2D eigenvalue weighted by molar-refractivity contribution is -0.118. The van der Waals surface area contributed by atoms with E-state index < -0.39 is 0 Å². The van der Waals surface area contributed by atoms with Crippen molar-refractivity contribution >= 4 is 27.5 Å². The van der Waals surface area contributed by atoms with Gasteiger partial charge in [0.15, 0.2) is 0 Å². The zero-order valence-corrected chi connectivity index (χ0v) is 12.6. The number of aryl methyl sites for hydroxylation is 1. The molecule has 4 rings (SSSR count). The zero-order valence-electron chi connectivity index (χ0n) is 11.0. The average molecular weight is 320 g/mol. The molecule has 4 unspecified atom stereocenters. The normalized spacial score (nSPS) is 38.1. The highest BCUT2D eigenvalue weighted by atomic mass is 79.9. The number of hydrogen-bond acceptors (Lipinski definition) is 1. The largest absolute Gasteiger partial charge is 0.326 e. The summed E-state index contributed by atoms with van der Waals surface area (Å²) in [4.78, 5) is 12.4.